The third-order valence-electron chi connectivity index (χ3n) is 2.98. The molecule has 2 aromatic rings. The number of hydrogen-bond donors (Lipinski definition) is 1. The first-order valence-electron chi connectivity index (χ1n) is 6.20. The monoisotopic (exact) mass is 228 g/mol. The molecule has 0 aliphatic heterocycles. The molecule has 0 amide bonds. The quantitative estimate of drug-likeness (QED) is 0.832. The Morgan fingerprint density at radius 3 is 2.76 bits per heavy atom. The van der Waals surface area contributed by atoms with Crippen molar-refractivity contribution in [2.75, 3.05) is 0 Å². The highest BCUT2D eigenvalue weighted by molar-refractivity contribution is 5.22. The minimum atomic E-state index is 0.925. The number of nitrogens with zero attached hydrogens (tertiary/aromatic N) is 1. The molecule has 0 fully saturated rings. The van der Waals surface area contributed by atoms with Crippen molar-refractivity contribution in [3.8, 4) is 0 Å². The molecule has 90 valence electrons. The molecule has 1 aromatic carbocycles. The Morgan fingerprint density at radius 2 is 2.00 bits per heavy atom. The summed E-state index contributed by atoms with van der Waals surface area (Å²) in [6.45, 7) is 7.19. The molecule has 0 unspecified atom stereocenters. The Hall–Kier alpha value is -1.54. The van der Waals surface area contributed by atoms with E-state index in [9.17, 15) is 0 Å². The molecular weight excluding hydrogens is 208 g/mol. The predicted molar refractivity (Wildman–Crippen MR) is 71.8 cm³/mol. The minimum Gasteiger partial charge on any atom is -0.351 e. The fraction of sp³-hybridized carbons (Fsp3) is 0.333. The lowest BCUT2D eigenvalue weighted by atomic mass is 10.1. The average molecular weight is 228 g/mol. The van der Waals surface area contributed by atoms with Crippen molar-refractivity contribution in [3.63, 3.8) is 0 Å². The van der Waals surface area contributed by atoms with Crippen LogP contribution in [-0.4, -0.2) is 4.57 Å². The molecule has 2 nitrogen and oxygen atoms in total. The van der Waals surface area contributed by atoms with Gasteiger partial charge in [-0.3, -0.25) is 0 Å². The summed E-state index contributed by atoms with van der Waals surface area (Å²) in [5.41, 5.74) is 4.01. The van der Waals surface area contributed by atoms with Gasteiger partial charge in [-0.15, -0.1) is 0 Å². The van der Waals surface area contributed by atoms with Gasteiger partial charge in [-0.2, -0.15) is 0 Å². The zero-order valence-corrected chi connectivity index (χ0v) is 10.6. The number of hydrogen-bond acceptors (Lipinski definition) is 1. The van der Waals surface area contributed by atoms with E-state index in [0.29, 0.717) is 0 Å². The van der Waals surface area contributed by atoms with E-state index in [1.165, 1.54) is 16.8 Å². The van der Waals surface area contributed by atoms with Crippen LogP contribution in [-0.2, 0) is 19.6 Å². The summed E-state index contributed by atoms with van der Waals surface area (Å²) in [7, 11) is 0. The Labute approximate surface area is 103 Å². The van der Waals surface area contributed by atoms with E-state index in [1.807, 2.05) is 0 Å². The summed E-state index contributed by atoms with van der Waals surface area (Å²) in [5.74, 6) is 0. The Kier molecular flexibility index (Phi) is 3.99. The average Bonchev–Trinajstić information content (AvgIpc) is 2.77. The summed E-state index contributed by atoms with van der Waals surface area (Å²) < 4.78 is 2.27. The molecule has 0 bridgehead atoms. The van der Waals surface area contributed by atoms with Gasteiger partial charge in [0.2, 0.25) is 0 Å². The third-order valence-corrected chi connectivity index (χ3v) is 2.98. The number of aromatic nitrogens is 1. The summed E-state index contributed by atoms with van der Waals surface area (Å²) in [6, 6.07) is 12.9. The molecule has 2 rings (SSSR count). The van der Waals surface area contributed by atoms with Crippen molar-refractivity contribution in [1.82, 2.24) is 9.88 Å². The van der Waals surface area contributed by atoms with Gasteiger partial charge in [-0.1, -0.05) is 29.8 Å². The predicted octanol–water partition coefficient (Wildman–Crippen LogP) is 3.11. The lowest BCUT2D eigenvalue weighted by Crippen LogP contribution is -2.15. The normalized spacial score (nSPS) is 10.7. The van der Waals surface area contributed by atoms with Crippen molar-refractivity contribution in [2.45, 2.75) is 33.5 Å². The first kappa shape index (κ1) is 11.9. The molecule has 1 aromatic heterocycles. The van der Waals surface area contributed by atoms with Crippen LogP contribution in [0.2, 0.25) is 0 Å². The van der Waals surface area contributed by atoms with Crippen LogP contribution in [0.25, 0.3) is 0 Å². The van der Waals surface area contributed by atoms with E-state index in [2.05, 4.69) is 66.3 Å². The number of aryl methyl sites for hydroxylation is 2. The second kappa shape index (κ2) is 5.69. The van der Waals surface area contributed by atoms with Gasteiger partial charge in [0.15, 0.2) is 0 Å². The first-order valence-corrected chi connectivity index (χ1v) is 6.20. The van der Waals surface area contributed by atoms with Crippen molar-refractivity contribution >= 4 is 0 Å². The number of rotatable bonds is 5. The van der Waals surface area contributed by atoms with Gasteiger partial charge >= 0.3 is 0 Å². The van der Waals surface area contributed by atoms with Gasteiger partial charge < -0.3 is 9.88 Å². The van der Waals surface area contributed by atoms with Gasteiger partial charge in [0.25, 0.3) is 0 Å². The van der Waals surface area contributed by atoms with Gasteiger partial charge in [0, 0.05) is 31.5 Å². The van der Waals surface area contributed by atoms with Crippen LogP contribution in [0.15, 0.2) is 42.6 Å². The first-order chi connectivity index (χ1) is 8.29. The summed E-state index contributed by atoms with van der Waals surface area (Å²) in [4.78, 5) is 0. The van der Waals surface area contributed by atoms with Gasteiger partial charge in [0.05, 0.1) is 0 Å². The van der Waals surface area contributed by atoms with E-state index >= 15 is 0 Å². The van der Waals surface area contributed by atoms with Crippen LogP contribution in [0.3, 0.4) is 0 Å². The van der Waals surface area contributed by atoms with Crippen molar-refractivity contribution in [3.05, 3.63) is 59.4 Å². The van der Waals surface area contributed by atoms with Crippen molar-refractivity contribution in [1.29, 1.82) is 0 Å². The fourth-order valence-corrected chi connectivity index (χ4v) is 2.08. The minimum absolute atomic E-state index is 0.925. The number of benzene rings is 1. The smallest absolute Gasteiger partial charge is 0.0362 e. The molecule has 0 saturated carbocycles. The zero-order chi connectivity index (χ0) is 12.1. The van der Waals surface area contributed by atoms with E-state index < -0.39 is 0 Å². The van der Waals surface area contributed by atoms with Crippen LogP contribution in [0.5, 0.6) is 0 Å². The molecule has 0 spiro atoms. The molecular formula is C15H20N2. The van der Waals surface area contributed by atoms with Gasteiger partial charge in [-0.05, 0) is 31.5 Å². The molecule has 0 radical (unpaired) electrons. The van der Waals surface area contributed by atoms with Crippen molar-refractivity contribution in [2.24, 2.45) is 0 Å². The zero-order valence-electron chi connectivity index (χ0n) is 10.6. The van der Waals surface area contributed by atoms with Crippen LogP contribution in [0.4, 0.5) is 0 Å². The van der Waals surface area contributed by atoms with E-state index in [0.717, 1.165) is 19.6 Å². The highest BCUT2D eigenvalue weighted by Gasteiger charge is 1.98. The fourth-order valence-electron chi connectivity index (χ4n) is 2.08. The highest BCUT2D eigenvalue weighted by atomic mass is 15.0. The summed E-state index contributed by atoms with van der Waals surface area (Å²) in [5, 5.41) is 3.49. The van der Waals surface area contributed by atoms with Crippen LogP contribution < -0.4 is 5.32 Å². The molecule has 1 N–H and O–H groups in total. The molecule has 0 atom stereocenters. The SMILES string of the molecule is CCn1cccc1CNCc1cccc(C)c1. The standard InChI is InChI=1S/C15H20N2/c1-3-17-9-5-8-15(17)12-16-11-14-7-4-6-13(2)10-14/h4-10,16H,3,11-12H2,1-2H3. The topological polar surface area (TPSA) is 17.0 Å². The second-order valence-electron chi connectivity index (χ2n) is 4.38. The largest absolute Gasteiger partial charge is 0.351 e. The summed E-state index contributed by atoms with van der Waals surface area (Å²) in [6.07, 6.45) is 2.13. The van der Waals surface area contributed by atoms with Crippen molar-refractivity contribution < 1.29 is 0 Å². The Balaban J connectivity index is 1.87. The Morgan fingerprint density at radius 1 is 1.12 bits per heavy atom. The molecule has 17 heavy (non-hydrogen) atoms. The van der Waals surface area contributed by atoms with Crippen LogP contribution in [0.1, 0.15) is 23.7 Å². The van der Waals surface area contributed by atoms with Crippen LogP contribution in [0, 0.1) is 6.92 Å². The summed E-state index contributed by atoms with van der Waals surface area (Å²) >= 11 is 0. The lowest BCUT2D eigenvalue weighted by molar-refractivity contribution is 0.629. The van der Waals surface area contributed by atoms with Crippen LogP contribution >= 0.6 is 0 Å². The van der Waals surface area contributed by atoms with E-state index in [1.54, 1.807) is 0 Å². The molecule has 0 saturated heterocycles. The second-order valence-corrected chi connectivity index (χ2v) is 4.38. The maximum atomic E-state index is 3.49. The molecule has 0 aliphatic carbocycles. The van der Waals surface area contributed by atoms with E-state index in [4.69, 9.17) is 0 Å². The number of nitrogens with one attached hydrogen (secondary N) is 1. The molecule has 1 heterocycles. The highest BCUT2D eigenvalue weighted by Crippen LogP contribution is 2.05. The maximum Gasteiger partial charge on any atom is 0.0362 e. The molecule has 2 heteroatoms. The third kappa shape index (κ3) is 3.21. The Bertz CT molecular complexity index is 471. The van der Waals surface area contributed by atoms with Gasteiger partial charge in [0.1, 0.15) is 0 Å². The van der Waals surface area contributed by atoms with Gasteiger partial charge in [-0.25, -0.2) is 0 Å². The lowest BCUT2D eigenvalue weighted by Gasteiger charge is -2.08. The maximum absolute atomic E-state index is 3.49. The van der Waals surface area contributed by atoms with E-state index in [-0.39, 0.29) is 0 Å². The molecule has 0 aliphatic rings.